The first kappa shape index (κ1) is 42.0. The van der Waals surface area contributed by atoms with Crippen molar-refractivity contribution in [1.29, 1.82) is 0 Å². The average molecular weight is 769 g/mol. The van der Waals surface area contributed by atoms with E-state index in [1.807, 2.05) is 0 Å². The number of fused-ring (bicyclic) bond motifs is 1. The largest absolute Gasteiger partial charge is 0.496 e. The number of H-pyrrole nitrogens is 1. The van der Waals surface area contributed by atoms with Crippen LogP contribution in [0, 0.1) is 0 Å². The molecule has 0 bridgehead atoms. The monoisotopic (exact) mass is 767 g/mol. The number of aliphatic hydroxyl groups is 3. The second-order valence-electron chi connectivity index (χ2n) is 13.5. The lowest BCUT2D eigenvalue weighted by molar-refractivity contribution is -0.277. The molecule has 5 N–H and O–H groups in total. The van der Waals surface area contributed by atoms with Crippen LogP contribution in [0.4, 0.5) is 32.0 Å². The molecule has 0 amide bonds. The van der Waals surface area contributed by atoms with Gasteiger partial charge < -0.3 is 30.1 Å². The molecule has 0 saturated heterocycles. The highest BCUT2D eigenvalue weighted by atomic mass is 35.5. The molecule has 0 radical (unpaired) electrons. The summed E-state index contributed by atoms with van der Waals surface area (Å²) in [5.74, 6) is 0.697. The van der Waals surface area contributed by atoms with Gasteiger partial charge in [0.2, 0.25) is 0 Å². The Labute approximate surface area is 301 Å². The molecule has 0 aliphatic heterocycles. The molecule has 0 saturated carbocycles. The zero-order valence-electron chi connectivity index (χ0n) is 28.7. The highest BCUT2D eigenvalue weighted by Crippen LogP contribution is 2.45. The van der Waals surface area contributed by atoms with Crippen molar-refractivity contribution in [2.24, 2.45) is 0 Å². The van der Waals surface area contributed by atoms with Gasteiger partial charge in [0, 0.05) is 21.1 Å². The maximum atomic E-state index is 14.0. The van der Waals surface area contributed by atoms with Crippen LogP contribution in [0.15, 0.2) is 60.8 Å². The van der Waals surface area contributed by atoms with Crippen LogP contribution >= 0.6 is 23.2 Å². The number of aromatic amines is 1. The van der Waals surface area contributed by atoms with Crippen LogP contribution in [0.1, 0.15) is 51.7 Å². The summed E-state index contributed by atoms with van der Waals surface area (Å²) in [5.41, 5.74) is -6.21. The second kappa shape index (κ2) is 15.7. The van der Waals surface area contributed by atoms with E-state index in [0.29, 0.717) is 49.3 Å². The fourth-order valence-corrected chi connectivity index (χ4v) is 6.30. The number of nitrogens with zero attached hydrogens (tertiary/aromatic N) is 1. The molecule has 8 nitrogen and oxygen atoms in total. The minimum Gasteiger partial charge on any atom is -0.496 e. The van der Waals surface area contributed by atoms with Crippen LogP contribution in [-0.2, 0) is 10.8 Å². The normalized spacial score (nSPS) is 15.0. The van der Waals surface area contributed by atoms with E-state index in [2.05, 4.69) is 15.5 Å². The van der Waals surface area contributed by atoms with Crippen molar-refractivity contribution in [2.75, 3.05) is 32.7 Å². The number of hydrogen-bond donors (Lipinski definition) is 5. The van der Waals surface area contributed by atoms with Crippen LogP contribution in [0.5, 0.6) is 11.5 Å². The Morgan fingerprint density at radius 3 is 1.65 bits per heavy atom. The van der Waals surface area contributed by atoms with Crippen LogP contribution in [0.2, 0.25) is 10.0 Å². The van der Waals surface area contributed by atoms with Gasteiger partial charge in [-0.25, -0.2) is 0 Å². The summed E-state index contributed by atoms with van der Waals surface area (Å²) in [6, 6.07) is 14.4. The Balaban J connectivity index is 0.000000295. The highest BCUT2D eigenvalue weighted by Gasteiger charge is 2.57. The number of aromatic nitrogens is 2. The third kappa shape index (κ3) is 9.72. The summed E-state index contributed by atoms with van der Waals surface area (Å²) in [4.78, 5) is 0. The SMILES string of the molecule is COc1cc(Cl)ccc1C(C)(C)CC(O)(CNc1cccc2[nH]ncc12)C(F)(F)F.COc1cc(Cl)ccc1C(C)(C)CC(O)(CO)C(F)(F)F. The number of hydrogen-bond acceptors (Lipinski definition) is 7. The maximum Gasteiger partial charge on any atom is 0.419 e. The van der Waals surface area contributed by atoms with Crippen molar-refractivity contribution in [3.63, 3.8) is 0 Å². The quantitative estimate of drug-likeness (QED) is 0.0917. The van der Waals surface area contributed by atoms with E-state index < -0.39 is 60.4 Å². The molecule has 0 spiro atoms. The Morgan fingerprint density at radius 2 is 1.22 bits per heavy atom. The summed E-state index contributed by atoms with van der Waals surface area (Å²) in [6.07, 6.45) is -9.57. The van der Waals surface area contributed by atoms with Gasteiger partial charge in [-0.3, -0.25) is 5.10 Å². The number of benzene rings is 3. The molecule has 2 unspecified atom stereocenters. The number of halogens is 8. The van der Waals surface area contributed by atoms with Gasteiger partial charge in [0.05, 0.1) is 39.1 Å². The molecule has 0 aliphatic rings. The summed E-state index contributed by atoms with van der Waals surface area (Å²) in [7, 11) is 2.81. The number of rotatable bonds is 12. The lowest BCUT2D eigenvalue weighted by Gasteiger charge is -2.38. The molecule has 282 valence electrons. The molecule has 4 aromatic rings. The van der Waals surface area contributed by atoms with Crippen LogP contribution < -0.4 is 14.8 Å². The number of nitrogens with one attached hydrogen (secondary N) is 2. The van der Waals surface area contributed by atoms with E-state index in [9.17, 15) is 36.6 Å². The van der Waals surface area contributed by atoms with Crippen molar-refractivity contribution in [2.45, 2.75) is 74.9 Å². The zero-order chi connectivity index (χ0) is 38.6. The van der Waals surface area contributed by atoms with Crippen molar-refractivity contribution < 1.29 is 51.1 Å². The number of ether oxygens (including phenoxy) is 2. The lowest BCUT2D eigenvalue weighted by Crippen LogP contribution is -2.53. The van der Waals surface area contributed by atoms with Gasteiger partial charge in [-0.05, 0) is 71.2 Å². The molecular weight excluding hydrogens is 727 g/mol. The van der Waals surface area contributed by atoms with Crippen molar-refractivity contribution >= 4 is 39.8 Å². The summed E-state index contributed by atoms with van der Waals surface area (Å²) in [5, 5.41) is 40.3. The van der Waals surface area contributed by atoms with Gasteiger partial charge >= 0.3 is 12.4 Å². The van der Waals surface area contributed by atoms with Gasteiger partial charge in [0.25, 0.3) is 0 Å². The molecular formula is C35H41Cl2F6N3O5. The average Bonchev–Trinajstić information content (AvgIpc) is 3.52. The fourth-order valence-electron chi connectivity index (χ4n) is 5.97. The van der Waals surface area contributed by atoms with E-state index in [0.717, 1.165) is 0 Å². The van der Waals surface area contributed by atoms with Gasteiger partial charge in [0.15, 0.2) is 11.2 Å². The molecule has 0 aliphatic carbocycles. The fraction of sp³-hybridized carbons (Fsp3) is 0.457. The Morgan fingerprint density at radius 1 is 0.745 bits per heavy atom. The summed E-state index contributed by atoms with van der Waals surface area (Å²) in [6.45, 7) is 4.20. The Hall–Kier alpha value is -3.43. The number of anilines is 1. The Kier molecular flexibility index (Phi) is 12.9. The maximum absolute atomic E-state index is 14.0. The van der Waals surface area contributed by atoms with Gasteiger partial charge in [-0.1, -0.05) is 69.1 Å². The van der Waals surface area contributed by atoms with Gasteiger partial charge in [-0.15, -0.1) is 0 Å². The summed E-state index contributed by atoms with van der Waals surface area (Å²) < 4.78 is 91.2. The third-order valence-corrected chi connectivity index (χ3v) is 9.10. The number of methoxy groups -OCH3 is 2. The number of aliphatic hydroxyl groups excluding tert-OH is 1. The molecule has 1 heterocycles. The predicted molar refractivity (Wildman–Crippen MR) is 185 cm³/mol. The lowest BCUT2D eigenvalue weighted by atomic mass is 9.74. The van der Waals surface area contributed by atoms with E-state index in [-0.39, 0.29) is 0 Å². The molecule has 16 heteroatoms. The Bertz CT molecular complexity index is 1780. The molecule has 1 aromatic heterocycles. The minimum absolute atomic E-state index is 0.329. The van der Waals surface area contributed by atoms with Crippen LogP contribution in [0.25, 0.3) is 10.9 Å². The molecule has 3 aromatic carbocycles. The van der Waals surface area contributed by atoms with Gasteiger partial charge in [0.1, 0.15) is 11.5 Å². The van der Waals surface area contributed by atoms with Crippen molar-refractivity contribution in [3.8, 4) is 11.5 Å². The topological polar surface area (TPSA) is 120 Å². The first-order chi connectivity index (χ1) is 23.4. The van der Waals surface area contributed by atoms with Crippen molar-refractivity contribution in [3.05, 3.63) is 82.0 Å². The van der Waals surface area contributed by atoms with E-state index in [1.54, 1.807) is 56.3 Å². The smallest absolute Gasteiger partial charge is 0.419 e. The van der Waals surface area contributed by atoms with Crippen molar-refractivity contribution in [1.82, 2.24) is 10.2 Å². The van der Waals surface area contributed by atoms with Crippen LogP contribution in [-0.4, -0.2) is 76.4 Å². The van der Waals surface area contributed by atoms with E-state index >= 15 is 0 Å². The first-order valence-electron chi connectivity index (χ1n) is 15.5. The first-order valence-corrected chi connectivity index (χ1v) is 16.2. The molecule has 2 atom stereocenters. The van der Waals surface area contributed by atoms with E-state index in [1.165, 1.54) is 46.4 Å². The second-order valence-corrected chi connectivity index (χ2v) is 14.4. The minimum atomic E-state index is -4.93. The van der Waals surface area contributed by atoms with Crippen LogP contribution in [0.3, 0.4) is 0 Å². The van der Waals surface area contributed by atoms with E-state index in [4.69, 9.17) is 37.8 Å². The molecule has 4 rings (SSSR count). The van der Waals surface area contributed by atoms with Gasteiger partial charge in [-0.2, -0.15) is 31.4 Å². The third-order valence-electron chi connectivity index (χ3n) is 8.63. The molecule has 51 heavy (non-hydrogen) atoms. The summed E-state index contributed by atoms with van der Waals surface area (Å²) >= 11 is 11.8. The predicted octanol–water partition coefficient (Wildman–Crippen LogP) is 8.60. The molecule has 0 fully saturated rings. The highest BCUT2D eigenvalue weighted by molar-refractivity contribution is 6.31. The standard InChI is InChI=1S/C21H23ClF3N3O2.C14H18ClF3O3/c1-19(2,15-8-7-13(22)9-18(15)30-3)11-20(29,21(23,24)25)12-26-16-5-4-6-17-14(16)10-27-28-17;1-12(2,7-13(20,8-19)14(16,17)18)10-5-4-9(15)6-11(10)21-3/h4-10,26,29H,11-12H2,1-3H3,(H,27,28);4-6,19-20H,7-8H2,1-3H3. The zero-order valence-corrected chi connectivity index (χ0v) is 30.2. The number of alkyl halides is 6.